The number of fused-ring (bicyclic) bond motifs is 1. The van der Waals surface area contributed by atoms with E-state index in [0.29, 0.717) is 17.6 Å². The van der Waals surface area contributed by atoms with E-state index in [-0.39, 0.29) is 34.1 Å². The zero-order chi connectivity index (χ0) is 22.8. The second-order valence-electron chi connectivity index (χ2n) is 7.26. The number of hydrogen-bond donors (Lipinski definition) is 2. The number of nitrogens with one attached hydrogen (secondary N) is 1. The maximum Gasteiger partial charge on any atom is 0.268 e. The molecule has 32 heavy (non-hydrogen) atoms. The second kappa shape index (κ2) is 8.80. The number of hydrogen-bond acceptors (Lipinski definition) is 2. The lowest BCUT2D eigenvalue weighted by Gasteiger charge is -2.10. The maximum atomic E-state index is 15.1. The highest BCUT2D eigenvalue weighted by Gasteiger charge is 2.23. The number of primary amides is 1. The Morgan fingerprint density at radius 1 is 0.969 bits per heavy atom. The van der Waals surface area contributed by atoms with Crippen LogP contribution in [0.25, 0.3) is 10.9 Å². The van der Waals surface area contributed by atoms with Crippen molar-refractivity contribution in [1.82, 2.24) is 9.88 Å². The molecule has 0 spiro atoms. The quantitative estimate of drug-likeness (QED) is 0.446. The van der Waals surface area contributed by atoms with Crippen molar-refractivity contribution in [3.63, 3.8) is 0 Å². The smallest absolute Gasteiger partial charge is 0.268 e. The van der Waals surface area contributed by atoms with Gasteiger partial charge in [0.05, 0.1) is 10.5 Å². The molecular weight excluding hydrogens is 436 g/mol. The molecule has 0 bridgehead atoms. The first-order valence-corrected chi connectivity index (χ1v) is 10.1. The molecule has 0 aliphatic rings. The Bertz CT molecular complexity index is 1340. The van der Waals surface area contributed by atoms with E-state index in [0.717, 1.165) is 5.56 Å². The van der Waals surface area contributed by atoms with E-state index in [4.69, 9.17) is 17.3 Å². The normalized spacial score (nSPS) is 11.0. The summed E-state index contributed by atoms with van der Waals surface area (Å²) in [7, 11) is 0. The van der Waals surface area contributed by atoms with Crippen LogP contribution in [0.15, 0.2) is 66.7 Å². The number of nitrogens with zero attached hydrogens (tertiary/aromatic N) is 1. The molecule has 0 saturated carbocycles. The third kappa shape index (κ3) is 4.20. The minimum absolute atomic E-state index is 0.00761. The highest BCUT2D eigenvalue weighted by atomic mass is 35.5. The van der Waals surface area contributed by atoms with E-state index in [1.54, 1.807) is 6.07 Å². The van der Waals surface area contributed by atoms with Crippen LogP contribution < -0.4 is 11.1 Å². The van der Waals surface area contributed by atoms with Gasteiger partial charge in [-0.2, -0.15) is 0 Å². The fourth-order valence-corrected chi connectivity index (χ4v) is 3.68. The summed E-state index contributed by atoms with van der Waals surface area (Å²) in [5.74, 6) is -2.81. The SMILES string of the molecule is NC(=O)c1c(F)c2cc(C(=O)NCc3ccccc3)ccc2n1Cc1ccc(Cl)c(F)c1. The number of carbonyl (C=O) groups is 2. The summed E-state index contributed by atoms with van der Waals surface area (Å²) in [6, 6.07) is 18.0. The van der Waals surface area contributed by atoms with Crippen LogP contribution in [-0.2, 0) is 13.1 Å². The molecule has 8 heteroatoms. The lowest BCUT2D eigenvalue weighted by atomic mass is 10.1. The van der Waals surface area contributed by atoms with Gasteiger partial charge in [-0.25, -0.2) is 8.78 Å². The van der Waals surface area contributed by atoms with Crippen LogP contribution in [0, 0.1) is 11.6 Å². The van der Waals surface area contributed by atoms with Gasteiger partial charge in [0, 0.05) is 24.0 Å². The van der Waals surface area contributed by atoms with Crippen molar-refractivity contribution in [2.24, 2.45) is 5.73 Å². The maximum absolute atomic E-state index is 15.1. The number of aromatic nitrogens is 1. The molecule has 1 aromatic heterocycles. The van der Waals surface area contributed by atoms with Crippen LogP contribution in [0.2, 0.25) is 5.02 Å². The van der Waals surface area contributed by atoms with Gasteiger partial charge in [0.25, 0.3) is 11.8 Å². The molecule has 4 aromatic rings. The summed E-state index contributed by atoms with van der Waals surface area (Å²) < 4.78 is 30.3. The number of rotatable bonds is 6. The molecule has 0 atom stereocenters. The number of nitrogens with two attached hydrogens (primary N) is 1. The molecule has 162 valence electrons. The zero-order valence-electron chi connectivity index (χ0n) is 16.7. The van der Waals surface area contributed by atoms with Crippen LogP contribution in [-0.4, -0.2) is 16.4 Å². The summed E-state index contributed by atoms with van der Waals surface area (Å²) >= 11 is 5.72. The minimum Gasteiger partial charge on any atom is -0.364 e. The molecule has 0 unspecified atom stereocenters. The third-order valence-corrected chi connectivity index (χ3v) is 5.42. The Balaban J connectivity index is 1.69. The summed E-state index contributed by atoms with van der Waals surface area (Å²) in [5, 5.41) is 2.81. The van der Waals surface area contributed by atoms with Gasteiger partial charge < -0.3 is 15.6 Å². The van der Waals surface area contributed by atoms with E-state index >= 15 is 4.39 Å². The minimum atomic E-state index is -0.969. The molecule has 4 rings (SSSR count). The molecule has 0 fully saturated rings. The summed E-state index contributed by atoms with van der Waals surface area (Å²) in [6.45, 7) is 0.308. The van der Waals surface area contributed by atoms with E-state index in [2.05, 4.69) is 5.32 Å². The number of carbonyl (C=O) groups excluding carboxylic acids is 2. The molecule has 0 radical (unpaired) electrons. The lowest BCUT2D eigenvalue weighted by Crippen LogP contribution is -2.22. The van der Waals surface area contributed by atoms with Gasteiger partial charge in [-0.3, -0.25) is 9.59 Å². The topological polar surface area (TPSA) is 77.1 Å². The summed E-state index contributed by atoms with van der Waals surface area (Å²) in [5.41, 5.74) is 7.05. The van der Waals surface area contributed by atoms with Crippen molar-refractivity contribution in [2.45, 2.75) is 13.1 Å². The standard InChI is InChI=1S/C24H18ClF2N3O2/c25-18-8-6-15(10-19(18)26)13-30-20-9-7-16(11-17(20)21(27)22(30)23(28)31)24(32)29-12-14-4-2-1-3-5-14/h1-11H,12-13H2,(H2,28,31)(H,29,32). The van der Waals surface area contributed by atoms with Gasteiger partial charge in [-0.15, -0.1) is 0 Å². The largest absolute Gasteiger partial charge is 0.364 e. The Hall–Kier alpha value is -3.71. The average molecular weight is 454 g/mol. The Labute approximate surface area is 187 Å². The van der Waals surface area contributed by atoms with Gasteiger partial charge in [-0.1, -0.05) is 48.0 Å². The molecule has 3 aromatic carbocycles. The molecule has 0 aliphatic heterocycles. The highest BCUT2D eigenvalue weighted by molar-refractivity contribution is 6.30. The first-order valence-electron chi connectivity index (χ1n) is 9.72. The average Bonchev–Trinajstić information content (AvgIpc) is 3.06. The molecule has 1 heterocycles. The van der Waals surface area contributed by atoms with Crippen molar-refractivity contribution in [2.75, 3.05) is 0 Å². The molecule has 3 N–H and O–H groups in total. The fraction of sp³-hybridized carbons (Fsp3) is 0.0833. The van der Waals surface area contributed by atoms with Crippen LogP contribution >= 0.6 is 11.6 Å². The lowest BCUT2D eigenvalue weighted by molar-refractivity contribution is 0.0949. The molecule has 0 saturated heterocycles. The van der Waals surface area contributed by atoms with Crippen LogP contribution in [0.5, 0.6) is 0 Å². The van der Waals surface area contributed by atoms with Gasteiger partial charge in [-0.05, 0) is 41.5 Å². The van der Waals surface area contributed by atoms with E-state index < -0.39 is 17.5 Å². The monoisotopic (exact) mass is 453 g/mol. The summed E-state index contributed by atoms with van der Waals surface area (Å²) in [4.78, 5) is 24.6. The fourth-order valence-electron chi connectivity index (χ4n) is 3.56. The van der Waals surface area contributed by atoms with E-state index in [1.165, 1.54) is 34.9 Å². The van der Waals surface area contributed by atoms with Crippen LogP contribution in [0.1, 0.15) is 32.0 Å². The Kier molecular flexibility index (Phi) is 5.92. The zero-order valence-corrected chi connectivity index (χ0v) is 17.5. The van der Waals surface area contributed by atoms with Gasteiger partial charge in [0.1, 0.15) is 11.5 Å². The van der Waals surface area contributed by atoms with Crippen molar-refractivity contribution >= 4 is 34.3 Å². The van der Waals surface area contributed by atoms with Crippen LogP contribution in [0.3, 0.4) is 0 Å². The van der Waals surface area contributed by atoms with Crippen molar-refractivity contribution in [3.8, 4) is 0 Å². The van der Waals surface area contributed by atoms with Crippen LogP contribution in [0.4, 0.5) is 8.78 Å². The first-order chi connectivity index (χ1) is 15.3. The molecule has 0 aliphatic carbocycles. The van der Waals surface area contributed by atoms with Crippen molar-refractivity contribution < 1.29 is 18.4 Å². The predicted octanol–water partition coefficient (Wildman–Crippen LogP) is 4.65. The number of benzene rings is 3. The van der Waals surface area contributed by atoms with Gasteiger partial charge >= 0.3 is 0 Å². The Morgan fingerprint density at radius 2 is 1.72 bits per heavy atom. The Morgan fingerprint density at radius 3 is 2.41 bits per heavy atom. The van der Waals surface area contributed by atoms with E-state index in [9.17, 15) is 14.0 Å². The molecule has 5 nitrogen and oxygen atoms in total. The van der Waals surface area contributed by atoms with Crippen molar-refractivity contribution in [3.05, 3.63) is 106 Å². The van der Waals surface area contributed by atoms with Crippen molar-refractivity contribution in [1.29, 1.82) is 0 Å². The first kappa shape index (κ1) is 21.5. The van der Waals surface area contributed by atoms with Gasteiger partial charge in [0.2, 0.25) is 0 Å². The summed E-state index contributed by atoms with van der Waals surface area (Å²) in [6.07, 6.45) is 0. The predicted molar refractivity (Wildman–Crippen MR) is 119 cm³/mol. The third-order valence-electron chi connectivity index (χ3n) is 5.12. The molecular formula is C24H18ClF2N3O2. The van der Waals surface area contributed by atoms with E-state index in [1.807, 2.05) is 30.3 Å². The highest BCUT2D eigenvalue weighted by Crippen LogP contribution is 2.28. The van der Waals surface area contributed by atoms with Gasteiger partial charge in [0.15, 0.2) is 5.82 Å². The number of halogens is 3. The second-order valence-corrected chi connectivity index (χ2v) is 7.67. The number of amides is 2. The molecule has 2 amide bonds.